The average Bonchev–Trinajstić information content (AvgIpc) is 3.58. The molecule has 0 radical (unpaired) electrons. The van der Waals surface area contributed by atoms with Crippen molar-refractivity contribution in [3.63, 3.8) is 0 Å². The second kappa shape index (κ2) is 33.7. The molecule has 1 aliphatic rings. The van der Waals surface area contributed by atoms with Crippen LogP contribution in [0.2, 0.25) is 0 Å². The lowest BCUT2D eigenvalue weighted by Crippen LogP contribution is -2.32. The Kier molecular flexibility index (Phi) is 35.4. The van der Waals surface area contributed by atoms with Gasteiger partial charge in [0.15, 0.2) is 0 Å². The summed E-state index contributed by atoms with van der Waals surface area (Å²) in [6.07, 6.45) is 4.88. The van der Waals surface area contributed by atoms with Crippen molar-refractivity contribution in [2.45, 2.75) is 83.0 Å². The Bertz CT molecular complexity index is 1030. The van der Waals surface area contributed by atoms with Gasteiger partial charge in [0.2, 0.25) is 0 Å². The van der Waals surface area contributed by atoms with Crippen molar-refractivity contribution >= 4 is 35.8 Å². The number of hydrogen-bond acceptors (Lipinski definition) is 13. The number of unbranched alkanes of at least 4 members (excludes halogenated alkanes) is 1. The molecule has 19 heteroatoms. The number of aliphatic carboxylic acids is 6. The van der Waals surface area contributed by atoms with Crippen molar-refractivity contribution in [1.82, 2.24) is 5.32 Å². The molecule has 1 saturated heterocycles. The van der Waals surface area contributed by atoms with Crippen LogP contribution < -0.4 is 39.7 Å². The van der Waals surface area contributed by atoms with Crippen molar-refractivity contribution in [2.75, 3.05) is 26.2 Å². The summed E-state index contributed by atoms with van der Waals surface area (Å²) in [7, 11) is 0. The Morgan fingerprint density at radius 2 is 1.18 bits per heavy atom. The highest BCUT2D eigenvalue weighted by Gasteiger charge is 2.20. The van der Waals surface area contributed by atoms with Gasteiger partial charge in [0, 0.05) is 0 Å². The molecule has 1 heterocycles. The molecule has 0 unspecified atom stereocenters. The maximum Gasteiger partial charge on any atom is 0.320 e. The third kappa shape index (κ3) is 39.9. The molecule has 0 saturated carbocycles. The van der Waals surface area contributed by atoms with Crippen LogP contribution in [0.5, 0.6) is 0 Å². The second-order valence-corrected chi connectivity index (χ2v) is 10.6. The van der Waals surface area contributed by atoms with Gasteiger partial charge in [0.25, 0.3) is 0 Å². The van der Waals surface area contributed by atoms with Gasteiger partial charge in [-0.3, -0.25) is 28.8 Å². The van der Waals surface area contributed by atoms with Gasteiger partial charge in [0.05, 0.1) is 13.1 Å². The zero-order valence-electron chi connectivity index (χ0n) is 28.1. The Morgan fingerprint density at radius 1 is 0.735 bits per heavy atom. The number of carboxylic acid groups (broad SMARTS) is 6. The minimum absolute atomic E-state index is 0.269. The maximum atomic E-state index is 10.4. The lowest BCUT2D eigenvalue weighted by Gasteiger charge is -2.07. The molecule has 284 valence electrons. The Balaban J connectivity index is -0.000000255. The molecule has 4 atom stereocenters. The lowest BCUT2D eigenvalue weighted by molar-refractivity contribution is -0.139. The Hall–Kier alpha value is -4.24. The van der Waals surface area contributed by atoms with Crippen molar-refractivity contribution in [1.29, 1.82) is 0 Å². The number of benzene rings is 1. The van der Waals surface area contributed by atoms with Crippen LogP contribution >= 0.6 is 0 Å². The number of carboxylic acids is 6. The second-order valence-electron chi connectivity index (χ2n) is 10.6. The van der Waals surface area contributed by atoms with Gasteiger partial charge in [-0.15, -0.1) is 0 Å². The summed E-state index contributed by atoms with van der Waals surface area (Å²) in [5, 5.41) is 51.6. The normalized spacial score (nSPS) is 14.3. The molecule has 1 fully saturated rings. The van der Waals surface area contributed by atoms with Crippen LogP contribution in [-0.4, -0.2) is 117 Å². The molecule has 49 heavy (non-hydrogen) atoms. The molecule has 2 rings (SSSR count). The first kappa shape index (κ1) is 51.6. The van der Waals surface area contributed by atoms with E-state index < -0.39 is 53.9 Å². The number of hydrogen-bond donors (Lipinski definition) is 13. The van der Waals surface area contributed by atoms with E-state index in [0.29, 0.717) is 31.7 Å². The largest absolute Gasteiger partial charge is 0.480 e. The minimum atomic E-state index is -0.968. The van der Waals surface area contributed by atoms with E-state index in [1.807, 2.05) is 44.2 Å². The minimum Gasteiger partial charge on any atom is -0.480 e. The molecule has 1 aromatic rings. The summed E-state index contributed by atoms with van der Waals surface area (Å²) < 4.78 is 0. The SMILES string of the molecule is CC(C)C[C@H](N)C(=O)O.NCC(=O)O.NCC(=O)O.NCCCC[C@H](N)C(=O)O.N[C@@H](Cc1ccccc1)C(=O)O.O=C(O)[C@@H]1CCCN1. The van der Waals surface area contributed by atoms with Gasteiger partial charge in [-0.05, 0) is 63.1 Å². The van der Waals surface area contributed by atoms with Gasteiger partial charge in [-0.1, -0.05) is 50.6 Å². The standard InChI is InChI=1S/C9H11NO2.C6H14N2O2.C6H13NO2.C5H9NO2.2C2H5NO2/c10-8(9(11)12)6-7-4-2-1-3-5-7;7-4-2-1-3-5(8)6(9)10;1-4(2)3-5(7)6(8)9;7-5(8)4-2-1-3-6-4;2*3-1-2(4)5/h1-5,8H,6,10H2,(H,11,12);5H,1-4,7-8H2,(H,9,10);4-5H,3,7H2,1-2H3,(H,8,9);4,6H,1-3H2,(H,7,8);2*1,3H2,(H,4,5)/t8-;2*5-;4-;;/m0000../s1. The zero-order valence-corrected chi connectivity index (χ0v) is 28.1. The van der Waals surface area contributed by atoms with E-state index in [9.17, 15) is 28.8 Å². The Labute approximate surface area is 286 Å². The lowest BCUT2D eigenvalue weighted by atomic mass is 10.1. The van der Waals surface area contributed by atoms with E-state index in [2.05, 4.69) is 16.8 Å². The zero-order chi connectivity index (χ0) is 38.9. The fourth-order valence-electron chi connectivity index (χ4n) is 3.09. The van der Waals surface area contributed by atoms with Crippen LogP contribution in [0.3, 0.4) is 0 Å². The molecule has 19 N–H and O–H groups in total. The molecular formula is C30H57N7O12. The Morgan fingerprint density at radius 3 is 1.45 bits per heavy atom. The highest BCUT2D eigenvalue weighted by atomic mass is 16.4. The van der Waals surface area contributed by atoms with E-state index in [1.165, 1.54) is 0 Å². The molecule has 1 aromatic carbocycles. The molecule has 0 aliphatic carbocycles. The van der Waals surface area contributed by atoms with Crippen LogP contribution in [0, 0.1) is 5.92 Å². The molecule has 0 bridgehead atoms. The number of carbonyl (C=O) groups is 6. The van der Waals surface area contributed by atoms with Crippen LogP contribution in [0.15, 0.2) is 30.3 Å². The van der Waals surface area contributed by atoms with Gasteiger partial charge in [0.1, 0.15) is 24.2 Å². The summed E-state index contributed by atoms with van der Waals surface area (Å²) in [5.74, 6) is -5.10. The topological polar surface area (TPSA) is 392 Å². The number of nitrogens with two attached hydrogens (primary N) is 6. The monoisotopic (exact) mass is 707 g/mol. The van der Waals surface area contributed by atoms with Crippen LogP contribution in [0.4, 0.5) is 0 Å². The molecular weight excluding hydrogens is 650 g/mol. The van der Waals surface area contributed by atoms with E-state index >= 15 is 0 Å². The summed E-state index contributed by atoms with van der Waals surface area (Å²) in [6.45, 7) is 4.80. The molecule has 0 spiro atoms. The molecule has 1 aliphatic heterocycles. The summed E-state index contributed by atoms with van der Waals surface area (Å²) >= 11 is 0. The summed E-state index contributed by atoms with van der Waals surface area (Å²) in [4.78, 5) is 59.3. The van der Waals surface area contributed by atoms with Gasteiger partial charge >= 0.3 is 35.8 Å². The third-order valence-electron chi connectivity index (χ3n) is 5.65. The van der Waals surface area contributed by atoms with Crippen molar-refractivity contribution < 1.29 is 59.4 Å². The van der Waals surface area contributed by atoms with Crippen molar-refractivity contribution in [3.05, 3.63) is 35.9 Å². The van der Waals surface area contributed by atoms with Crippen LogP contribution in [-0.2, 0) is 35.2 Å². The quantitative estimate of drug-likeness (QED) is 0.0977. The van der Waals surface area contributed by atoms with E-state index in [0.717, 1.165) is 37.8 Å². The van der Waals surface area contributed by atoms with Crippen LogP contribution in [0.25, 0.3) is 0 Å². The summed E-state index contributed by atoms with van der Waals surface area (Å²) in [5.41, 5.74) is 31.1. The van der Waals surface area contributed by atoms with Crippen molar-refractivity contribution in [2.24, 2.45) is 40.3 Å². The maximum absolute atomic E-state index is 10.4. The first-order chi connectivity index (χ1) is 22.8. The highest BCUT2D eigenvalue weighted by Crippen LogP contribution is 2.04. The fourth-order valence-corrected chi connectivity index (χ4v) is 3.09. The first-order valence-electron chi connectivity index (χ1n) is 15.3. The van der Waals surface area contributed by atoms with Gasteiger partial charge in [-0.25, -0.2) is 0 Å². The van der Waals surface area contributed by atoms with E-state index in [1.54, 1.807) is 0 Å². The number of nitrogens with one attached hydrogen (secondary N) is 1. The van der Waals surface area contributed by atoms with E-state index in [4.69, 9.17) is 53.6 Å². The third-order valence-corrected chi connectivity index (χ3v) is 5.65. The van der Waals surface area contributed by atoms with Gasteiger partial charge in [-0.2, -0.15) is 0 Å². The highest BCUT2D eigenvalue weighted by molar-refractivity contribution is 5.74. The number of rotatable bonds is 14. The summed E-state index contributed by atoms with van der Waals surface area (Å²) in [6, 6.07) is 6.87. The van der Waals surface area contributed by atoms with Crippen molar-refractivity contribution in [3.8, 4) is 0 Å². The van der Waals surface area contributed by atoms with E-state index in [-0.39, 0.29) is 19.1 Å². The molecule has 19 nitrogen and oxygen atoms in total. The smallest absolute Gasteiger partial charge is 0.320 e. The first-order valence-corrected chi connectivity index (χ1v) is 15.3. The van der Waals surface area contributed by atoms with Gasteiger partial charge < -0.3 is 70.4 Å². The van der Waals surface area contributed by atoms with Crippen LogP contribution in [0.1, 0.15) is 57.9 Å². The average molecular weight is 708 g/mol. The molecule has 0 amide bonds. The predicted octanol–water partition coefficient (Wildman–Crippen LogP) is -1.50. The predicted molar refractivity (Wildman–Crippen MR) is 181 cm³/mol. The molecule has 0 aromatic heterocycles. The fraction of sp³-hybridized carbons (Fsp3) is 0.600.